The molecule has 3 heterocycles. The molecular weight excluding hydrogens is 531 g/mol. The molecule has 2 atom stereocenters. The number of aromatic nitrogens is 1. The van der Waals surface area contributed by atoms with Crippen molar-refractivity contribution in [3.05, 3.63) is 45.2 Å². The summed E-state index contributed by atoms with van der Waals surface area (Å²) < 4.78 is 54.3. The molecule has 2 aliphatic rings. The van der Waals surface area contributed by atoms with Crippen LogP contribution in [-0.2, 0) is 27.7 Å². The van der Waals surface area contributed by atoms with Crippen LogP contribution in [0.1, 0.15) is 74.2 Å². The average molecular weight is 568 g/mol. The van der Waals surface area contributed by atoms with Crippen molar-refractivity contribution in [3.8, 4) is 5.75 Å². The number of likely N-dealkylation sites (tertiary alicyclic amines) is 1. The van der Waals surface area contributed by atoms with E-state index in [4.69, 9.17) is 9.47 Å². The fraction of sp³-hybridized carbons (Fsp3) is 0.607. The molecule has 2 aliphatic heterocycles. The first kappa shape index (κ1) is 29.5. The topological polar surface area (TPSA) is 73.1 Å². The maximum Gasteiger partial charge on any atom is 0.416 e. The Morgan fingerprint density at radius 3 is 2.59 bits per heavy atom. The fourth-order valence-electron chi connectivity index (χ4n) is 4.86. The lowest BCUT2D eigenvalue weighted by molar-refractivity contribution is -0.137. The first-order valence-corrected chi connectivity index (χ1v) is 14.1. The van der Waals surface area contributed by atoms with Crippen LogP contribution < -0.4 is 9.54 Å². The lowest BCUT2D eigenvalue weighted by atomic mass is 9.95. The molecule has 0 radical (unpaired) electrons. The number of carbonyl (C=O) groups excluding carboxylic acids is 2. The van der Waals surface area contributed by atoms with Crippen molar-refractivity contribution in [2.45, 2.75) is 83.7 Å². The number of thiazole rings is 1. The molecule has 7 nitrogen and oxygen atoms in total. The lowest BCUT2D eigenvalue weighted by Gasteiger charge is -2.23. The average Bonchev–Trinajstić information content (AvgIpc) is 3.59. The predicted octanol–water partition coefficient (Wildman–Crippen LogP) is 5.22. The number of Topliss-reactive ketones (excluding diaryl/α,β-unsaturated/α-hetero) is 1. The Morgan fingerprint density at radius 1 is 1.18 bits per heavy atom. The third kappa shape index (κ3) is 7.58. The number of alkyl halides is 3. The summed E-state index contributed by atoms with van der Waals surface area (Å²) in [6, 6.07) is 2.85. The van der Waals surface area contributed by atoms with Crippen molar-refractivity contribution in [1.82, 2.24) is 9.47 Å². The fourth-order valence-corrected chi connectivity index (χ4v) is 5.92. The van der Waals surface area contributed by atoms with Crippen LogP contribution in [0.25, 0.3) is 0 Å². The van der Waals surface area contributed by atoms with E-state index >= 15 is 0 Å². The van der Waals surface area contributed by atoms with E-state index in [0.717, 1.165) is 49.2 Å². The highest BCUT2D eigenvalue weighted by molar-refractivity contribution is 7.09. The van der Waals surface area contributed by atoms with Crippen molar-refractivity contribution in [2.24, 2.45) is 4.99 Å². The number of carbonyl (C=O) groups is 2. The SMILES string of the molecule is CC(=O)CN1CCC[C@H]1COc1ccc(C(F)(F)F)cc1C(=O)/N=c1\sc(C(C)(C)C)cn1C[C@H]1CCCO1. The van der Waals surface area contributed by atoms with Gasteiger partial charge in [-0.2, -0.15) is 18.2 Å². The largest absolute Gasteiger partial charge is 0.491 e. The monoisotopic (exact) mass is 567 g/mol. The van der Waals surface area contributed by atoms with Gasteiger partial charge in [-0.15, -0.1) is 11.3 Å². The van der Waals surface area contributed by atoms with E-state index in [1.807, 2.05) is 15.7 Å². The second-order valence-corrected chi connectivity index (χ2v) is 12.3. The molecule has 0 saturated carbocycles. The molecule has 0 aliphatic carbocycles. The van der Waals surface area contributed by atoms with Gasteiger partial charge in [0.05, 0.1) is 30.3 Å². The molecule has 39 heavy (non-hydrogen) atoms. The van der Waals surface area contributed by atoms with E-state index in [9.17, 15) is 22.8 Å². The Balaban J connectivity index is 1.67. The van der Waals surface area contributed by atoms with E-state index in [1.54, 1.807) is 0 Å². The highest BCUT2D eigenvalue weighted by Crippen LogP contribution is 2.33. The zero-order chi connectivity index (χ0) is 28.4. The second kappa shape index (κ2) is 11.9. The third-order valence-electron chi connectivity index (χ3n) is 6.97. The number of ether oxygens (including phenoxy) is 2. The molecule has 0 bridgehead atoms. The Bertz CT molecular complexity index is 1260. The molecule has 1 amide bonds. The Hall–Kier alpha value is -2.50. The van der Waals surface area contributed by atoms with Gasteiger partial charge in [-0.05, 0) is 62.8 Å². The summed E-state index contributed by atoms with van der Waals surface area (Å²) in [5.74, 6) is -0.718. The zero-order valence-electron chi connectivity index (χ0n) is 22.8. The van der Waals surface area contributed by atoms with E-state index in [2.05, 4.69) is 25.8 Å². The summed E-state index contributed by atoms with van der Waals surface area (Å²) in [6.45, 7) is 10.1. The Morgan fingerprint density at radius 2 is 1.95 bits per heavy atom. The first-order chi connectivity index (χ1) is 18.3. The molecule has 0 unspecified atom stereocenters. The van der Waals surface area contributed by atoms with Gasteiger partial charge in [0, 0.05) is 23.7 Å². The molecule has 0 spiro atoms. The van der Waals surface area contributed by atoms with Crippen LogP contribution in [0.3, 0.4) is 0 Å². The number of nitrogens with zero attached hydrogens (tertiary/aromatic N) is 3. The van der Waals surface area contributed by atoms with Crippen molar-refractivity contribution in [2.75, 3.05) is 26.3 Å². The zero-order valence-corrected chi connectivity index (χ0v) is 23.7. The lowest BCUT2D eigenvalue weighted by Crippen LogP contribution is -2.37. The van der Waals surface area contributed by atoms with Crippen molar-refractivity contribution in [3.63, 3.8) is 0 Å². The molecule has 2 fully saturated rings. The van der Waals surface area contributed by atoms with Gasteiger partial charge < -0.3 is 14.0 Å². The number of benzene rings is 1. The van der Waals surface area contributed by atoms with Gasteiger partial charge in [-0.3, -0.25) is 14.5 Å². The number of hydrogen-bond acceptors (Lipinski definition) is 6. The predicted molar refractivity (Wildman–Crippen MR) is 142 cm³/mol. The second-order valence-electron chi connectivity index (χ2n) is 11.3. The van der Waals surface area contributed by atoms with Crippen molar-refractivity contribution < 1.29 is 32.2 Å². The summed E-state index contributed by atoms with van der Waals surface area (Å²) >= 11 is 1.35. The van der Waals surface area contributed by atoms with E-state index < -0.39 is 17.6 Å². The number of rotatable bonds is 8. The highest BCUT2D eigenvalue weighted by Gasteiger charge is 2.33. The van der Waals surface area contributed by atoms with Gasteiger partial charge in [0.1, 0.15) is 18.1 Å². The molecule has 4 rings (SSSR count). The van der Waals surface area contributed by atoms with Crippen LogP contribution in [0.4, 0.5) is 13.2 Å². The van der Waals surface area contributed by atoms with Crippen LogP contribution in [0.2, 0.25) is 0 Å². The quantitative estimate of drug-likeness (QED) is 0.438. The highest BCUT2D eigenvalue weighted by atomic mass is 32.1. The van der Waals surface area contributed by atoms with Gasteiger partial charge in [-0.1, -0.05) is 20.8 Å². The van der Waals surface area contributed by atoms with Crippen molar-refractivity contribution in [1.29, 1.82) is 0 Å². The third-order valence-corrected chi connectivity index (χ3v) is 8.42. The van der Waals surface area contributed by atoms with E-state index in [-0.39, 0.29) is 41.3 Å². The van der Waals surface area contributed by atoms with E-state index in [1.165, 1.54) is 24.3 Å². The molecule has 214 valence electrons. The normalized spacial score (nSPS) is 21.1. The van der Waals surface area contributed by atoms with Crippen LogP contribution in [0.5, 0.6) is 5.75 Å². The summed E-state index contributed by atoms with van der Waals surface area (Å²) in [5.41, 5.74) is -1.38. The van der Waals surface area contributed by atoms with Gasteiger partial charge in [0.25, 0.3) is 5.91 Å². The van der Waals surface area contributed by atoms with E-state index in [0.29, 0.717) is 24.5 Å². The first-order valence-electron chi connectivity index (χ1n) is 13.3. The van der Waals surface area contributed by atoms with Crippen LogP contribution in [0.15, 0.2) is 29.4 Å². The Kier molecular flexibility index (Phi) is 9.02. The number of amides is 1. The minimum atomic E-state index is -4.63. The number of halogens is 3. The Labute approximate surface area is 230 Å². The molecule has 2 saturated heterocycles. The van der Waals surface area contributed by atoms with Gasteiger partial charge in [0.2, 0.25) is 0 Å². The molecule has 0 N–H and O–H groups in total. The molecule has 1 aromatic heterocycles. The maximum absolute atomic E-state index is 13.6. The minimum Gasteiger partial charge on any atom is -0.491 e. The molecular formula is C28H36F3N3O4S. The van der Waals surface area contributed by atoms with Gasteiger partial charge in [-0.25, -0.2) is 0 Å². The van der Waals surface area contributed by atoms with Crippen LogP contribution in [-0.4, -0.2) is 59.6 Å². The molecule has 11 heteroatoms. The van der Waals surface area contributed by atoms with Crippen LogP contribution >= 0.6 is 11.3 Å². The molecule has 2 aromatic rings. The summed E-state index contributed by atoms with van der Waals surface area (Å²) in [4.78, 5) is 32.8. The number of hydrogen-bond donors (Lipinski definition) is 0. The summed E-state index contributed by atoms with van der Waals surface area (Å²) in [5, 5.41) is 0. The number of ketones is 1. The van der Waals surface area contributed by atoms with Crippen molar-refractivity contribution >= 4 is 23.0 Å². The maximum atomic E-state index is 13.6. The summed E-state index contributed by atoms with van der Waals surface area (Å²) in [7, 11) is 0. The molecule has 1 aromatic carbocycles. The standard InChI is InChI=1S/C28H36F3N3O4S/c1-18(35)14-33-11-5-7-20(33)17-38-23-10-9-19(28(29,30)31)13-22(23)25(36)32-26-34(15-21-8-6-12-37-21)16-24(39-26)27(2,3)4/h9-10,13,16,20-21H,5-8,11-12,14-15,17H2,1-4H3/b32-26-/t20-,21+/m0/s1. The smallest absolute Gasteiger partial charge is 0.416 e. The van der Waals surface area contributed by atoms with Crippen LogP contribution in [0, 0.1) is 0 Å². The van der Waals surface area contributed by atoms with Gasteiger partial charge in [0.15, 0.2) is 4.80 Å². The minimum absolute atomic E-state index is 0.00159. The van der Waals surface area contributed by atoms with Gasteiger partial charge >= 0.3 is 6.18 Å². The summed E-state index contributed by atoms with van der Waals surface area (Å²) in [6.07, 6.45) is 0.880.